The number of phenolic OH excluding ortho intramolecular Hbond substituents is 1. The van der Waals surface area contributed by atoms with Crippen LogP contribution >= 0.6 is 15.9 Å². The van der Waals surface area contributed by atoms with Gasteiger partial charge in [0.1, 0.15) is 17.4 Å². The molecule has 1 aromatic rings. The Hall–Kier alpha value is -1.22. The standard InChI is InChI=1S/C8H3BrF3NO/c9-6-1-4(8(10,11)12)2-7(14)5(6)3-13/h1-2,14H. The summed E-state index contributed by atoms with van der Waals surface area (Å²) in [5, 5.41) is 17.6. The van der Waals surface area contributed by atoms with Crippen molar-refractivity contribution in [1.29, 1.82) is 5.26 Å². The molecular weight excluding hydrogens is 263 g/mol. The molecule has 0 atom stereocenters. The Morgan fingerprint density at radius 2 is 1.93 bits per heavy atom. The lowest BCUT2D eigenvalue weighted by atomic mass is 10.1. The summed E-state index contributed by atoms with van der Waals surface area (Å²) in [4.78, 5) is 0. The highest BCUT2D eigenvalue weighted by atomic mass is 79.9. The maximum atomic E-state index is 12.2. The lowest BCUT2D eigenvalue weighted by Gasteiger charge is -2.08. The van der Waals surface area contributed by atoms with Crippen molar-refractivity contribution in [3.05, 3.63) is 27.7 Å². The van der Waals surface area contributed by atoms with Crippen LogP contribution in [0.2, 0.25) is 0 Å². The van der Waals surface area contributed by atoms with E-state index in [1.807, 2.05) is 0 Å². The highest BCUT2D eigenvalue weighted by Gasteiger charge is 2.32. The molecule has 2 nitrogen and oxygen atoms in total. The Balaban J connectivity index is 3.37. The van der Waals surface area contributed by atoms with Crippen LogP contribution in [0.3, 0.4) is 0 Å². The maximum absolute atomic E-state index is 12.2. The van der Waals surface area contributed by atoms with Crippen LogP contribution in [-0.2, 0) is 6.18 Å². The van der Waals surface area contributed by atoms with Gasteiger partial charge in [-0.25, -0.2) is 0 Å². The molecule has 0 saturated heterocycles. The van der Waals surface area contributed by atoms with Gasteiger partial charge in [0.25, 0.3) is 0 Å². The van der Waals surface area contributed by atoms with E-state index in [-0.39, 0.29) is 10.0 Å². The Bertz CT molecular complexity index is 385. The van der Waals surface area contributed by atoms with Crippen molar-refractivity contribution < 1.29 is 18.3 Å². The van der Waals surface area contributed by atoms with Gasteiger partial charge in [-0.2, -0.15) is 18.4 Å². The van der Waals surface area contributed by atoms with E-state index >= 15 is 0 Å². The lowest BCUT2D eigenvalue weighted by molar-refractivity contribution is -0.137. The number of hydrogen-bond acceptors (Lipinski definition) is 2. The van der Waals surface area contributed by atoms with Gasteiger partial charge in [0.05, 0.1) is 5.56 Å². The number of rotatable bonds is 0. The minimum atomic E-state index is -4.53. The number of hydrogen-bond donors (Lipinski definition) is 1. The fourth-order valence-corrected chi connectivity index (χ4v) is 1.40. The fraction of sp³-hybridized carbons (Fsp3) is 0.125. The van der Waals surface area contributed by atoms with E-state index in [0.717, 1.165) is 6.07 Å². The number of aromatic hydroxyl groups is 1. The van der Waals surface area contributed by atoms with E-state index < -0.39 is 17.5 Å². The van der Waals surface area contributed by atoms with Gasteiger partial charge in [0.2, 0.25) is 0 Å². The molecule has 0 aromatic heterocycles. The van der Waals surface area contributed by atoms with Gasteiger partial charge < -0.3 is 5.11 Å². The topological polar surface area (TPSA) is 44.0 Å². The zero-order valence-corrected chi connectivity index (χ0v) is 8.15. The van der Waals surface area contributed by atoms with E-state index in [0.29, 0.717) is 6.07 Å². The first-order valence-corrected chi connectivity index (χ1v) is 4.15. The summed E-state index contributed by atoms with van der Waals surface area (Å²) in [6.45, 7) is 0. The van der Waals surface area contributed by atoms with Crippen LogP contribution in [0.25, 0.3) is 0 Å². The van der Waals surface area contributed by atoms with Gasteiger partial charge in [-0.3, -0.25) is 0 Å². The van der Waals surface area contributed by atoms with Gasteiger partial charge in [-0.15, -0.1) is 0 Å². The molecule has 1 aromatic carbocycles. The molecule has 0 radical (unpaired) electrons. The minimum Gasteiger partial charge on any atom is -0.507 e. The quantitative estimate of drug-likeness (QED) is 0.784. The van der Waals surface area contributed by atoms with Crippen molar-refractivity contribution in [2.75, 3.05) is 0 Å². The number of phenols is 1. The molecular formula is C8H3BrF3NO. The average Bonchev–Trinajstić information content (AvgIpc) is 2.01. The summed E-state index contributed by atoms with van der Waals surface area (Å²) >= 11 is 2.77. The Labute approximate surface area is 85.7 Å². The zero-order valence-electron chi connectivity index (χ0n) is 6.56. The summed E-state index contributed by atoms with van der Waals surface area (Å²) in [7, 11) is 0. The molecule has 0 saturated carbocycles. The second kappa shape index (κ2) is 3.50. The third-order valence-corrected chi connectivity index (χ3v) is 2.13. The molecule has 0 fully saturated rings. The van der Waals surface area contributed by atoms with Crippen LogP contribution in [0.5, 0.6) is 5.75 Å². The molecule has 6 heteroatoms. The molecule has 0 aliphatic carbocycles. The second-order valence-corrected chi connectivity index (χ2v) is 3.32. The van der Waals surface area contributed by atoms with E-state index in [2.05, 4.69) is 15.9 Å². The molecule has 0 aliphatic rings. The first kappa shape index (κ1) is 10.9. The summed E-state index contributed by atoms with van der Waals surface area (Å²) in [5.74, 6) is -0.686. The van der Waals surface area contributed by atoms with Crippen molar-refractivity contribution in [3.8, 4) is 11.8 Å². The van der Waals surface area contributed by atoms with Gasteiger partial charge in [-0.05, 0) is 28.1 Å². The van der Waals surface area contributed by atoms with Crippen LogP contribution in [-0.4, -0.2) is 5.11 Å². The number of nitrogens with zero attached hydrogens (tertiary/aromatic N) is 1. The molecule has 0 unspecified atom stereocenters. The number of alkyl halides is 3. The van der Waals surface area contributed by atoms with Crippen LogP contribution in [0.15, 0.2) is 16.6 Å². The highest BCUT2D eigenvalue weighted by Crippen LogP contribution is 2.36. The van der Waals surface area contributed by atoms with Gasteiger partial charge in [0, 0.05) is 4.47 Å². The van der Waals surface area contributed by atoms with Gasteiger partial charge in [-0.1, -0.05) is 0 Å². The van der Waals surface area contributed by atoms with Crippen LogP contribution < -0.4 is 0 Å². The molecule has 0 aliphatic heterocycles. The van der Waals surface area contributed by atoms with Gasteiger partial charge >= 0.3 is 6.18 Å². The lowest BCUT2D eigenvalue weighted by Crippen LogP contribution is -2.05. The number of benzene rings is 1. The predicted molar refractivity (Wildman–Crippen MR) is 45.5 cm³/mol. The summed E-state index contributed by atoms with van der Waals surface area (Å²) in [6, 6.07) is 2.84. The van der Waals surface area contributed by atoms with E-state index in [4.69, 9.17) is 10.4 Å². The minimum absolute atomic E-state index is 0.0766. The molecule has 0 amide bonds. The van der Waals surface area contributed by atoms with Crippen molar-refractivity contribution in [2.45, 2.75) is 6.18 Å². The third kappa shape index (κ3) is 1.99. The number of halogens is 4. The van der Waals surface area contributed by atoms with Gasteiger partial charge in [0.15, 0.2) is 0 Å². The van der Waals surface area contributed by atoms with E-state index in [1.165, 1.54) is 0 Å². The van der Waals surface area contributed by atoms with Crippen molar-refractivity contribution in [2.24, 2.45) is 0 Å². The molecule has 0 spiro atoms. The normalized spacial score (nSPS) is 11.1. The Kier molecular flexibility index (Phi) is 2.71. The SMILES string of the molecule is N#Cc1c(O)cc(C(F)(F)F)cc1Br. The Morgan fingerprint density at radius 1 is 1.36 bits per heavy atom. The van der Waals surface area contributed by atoms with E-state index in [9.17, 15) is 13.2 Å². The molecule has 1 N–H and O–H groups in total. The summed E-state index contributed by atoms with van der Waals surface area (Å²) < 4.78 is 36.4. The molecule has 0 heterocycles. The summed E-state index contributed by atoms with van der Waals surface area (Å²) in [6.07, 6.45) is -4.53. The maximum Gasteiger partial charge on any atom is 0.416 e. The largest absolute Gasteiger partial charge is 0.507 e. The predicted octanol–water partition coefficient (Wildman–Crippen LogP) is 3.05. The number of nitriles is 1. The molecule has 14 heavy (non-hydrogen) atoms. The Morgan fingerprint density at radius 3 is 2.29 bits per heavy atom. The molecule has 1 rings (SSSR count). The van der Waals surface area contributed by atoms with Crippen molar-refractivity contribution in [1.82, 2.24) is 0 Å². The second-order valence-electron chi connectivity index (χ2n) is 2.46. The monoisotopic (exact) mass is 265 g/mol. The third-order valence-electron chi connectivity index (χ3n) is 1.51. The average molecular weight is 266 g/mol. The summed E-state index contributed by atoms with van der Waals surface area (Å²) in [5.41, 5.74) is -1.21. The van der Waals surface area contributed by atoms with E-state index in [1.54, 1.807) is 6.07 Å². The zero-order chi connectivity index (χ0) is 10.9. The van der Waals surface area contributed by atoms with Crippen LogP contribution in [0.1, 0.15) is 11.1 Å². The first-order chi connectivity index (χ1) is 6.36. The smallest absolute Gasteiger partial charge is 0.416 e. The molecule has 0 bridgehead atoms. The highest BCUT2D eigenvalue weighted by molar-refractivity contribution is 9.10. The molecule has 74 valence electrons. The van der Waals surface area contributed by atoms with Crippen LogP contribution in [0, 0.1) is 11.3 Å². The first-order valence-electron chi connectivity index (χ1n) is 3.36. The fourth-order valence-electron chi connectivity index (χ4n) is 0.867. The van der Waals surface area contributed by atoms with Crippen molar-refractivity contribution >= 4 is 15.9 Å². The van der Waals surface area contributed by atoms with Crippen LogP contribution in [0.4, 0.5) is 13.2 Å². The van der Waals surface area contributed by atoms with Crippen molar-refractivity contribution in [3.63, 3.8) is 0 Å².